The van der Waals surface area contributed by atoms with Crippen LogP contribution in [0.4, 0.5) is 5.00 Å². The minimum atomic E-state index is 0.163. The number of alkyl halides is 1. The predicted octanol–water partition coefficient (Wildman–Crippen LogP) is 2.93. The van der Waals surface area contributed by atoms with Crippen molar-refractivity contribution in [3.63, 3.8) is 0 Å². The summed E-state index contributed by atoms with van der Waals surface area (Å²) in [4.78, 5) is 0. The molecule has 68 valence electrons. The summed E-state index contributed by atoms with van der Waals surface area (Å²) in [6.07, 6.45) is 0. The van der Waals surface area contributed by atoms with Crippen LogP contribution in [0.5, 0.6) is 5.75 Å². The van der Waals surface area contributed by atoms with E-state index in [1.165, 1.54) is 11.3 Å². The van der Waals surface area contributed by atoms with E-state index >= 15 is 0 Å². The topological polar surface area (TPSA) is 46.2 Å². The predicted molar refractivity (Wildman–Crippen MR) is 57.5 cm³/mol. The number of benzene rings is 1. The maximum Gasteiger partial charge on any atom is 0.157 e. The van der Waals surface area contributed by atoms with E-state index in [0.29, 0.717) is 10.9 Å². The highest BCUT2D eigenvalue weighted by Crippen LogP contribution is 2.41. The maximum atomic E-state index is 9.64. The Labute approximate surface area is 84.6 Å². The lowest BCUT2D eigenvalue weighted by atomic mass is 10.1. The van der Waals surface area contributed by atoms with E-state index in [2.05, 4.69) is 0 Å². The second-order valence-electron chi connectivity index (χ2n) is 2.74. The molecule has 1 heterocycles. The zero-order valence-corrected chi connectivity index (χ0v) is 8.32. The third-order valence-electron chi connectivity index (χ3n) is 1.95. The van der Waals surface area contributed by atoms with Gasteiger partial charge in [0.05, 0.1) is 0 Å². The molecule has 0 bridgehead atoms. The van der Waals surface area contributed by atoms with Crippen LogP contribution in [0, 0.1) is 0 Å². The minimum absolute atomic E-state index is 0.163. The van der Waals surface area contributed by atoms with Gasteiger partial charge in [0.15, 0.2) is 5.75 Å². The second-order valence-corrected chi connectivity index (χ2v) is 4.09. The van der Waals surface area contributed by atoms with Gasteiger partial charge in [-0.25, -0.2) is 0 Å². The van der Waals surface area contributed by atoms with Gasteiger partial charge < -0.3 is 10.8 Å². The van der Waals surface area contributed by atoms with Gasteiger partial charge in [0.1, 0.15) is 5.00 Å². The lowest BCUT2D eigenvalue weighted by Crippen LogP contribution is -1.80. The van der Waals surface area contributed by atoms with Gasteiger partial charge in [-0.15, -0.1) is 22.9 Å². The monoisotopic (exact) mass is 213 g/mol. The van der Waals surface area contributed by atoms with Crippen LogP contribution < -0.4 is 5.73 Å². The zero-order valence-electron chi connectivity index (χ0n) is 6.75. The number of halogens is 1. The summed E-state index contributed by atoms with van der Waals surface area (Å²) < 4.78 is 0.980. The second kappa shape index (κ2) is 3.09. The van der Waals surface area contributed by atoms with Gasteiger partial charge in [-0.1, -0.05) is 12.1 Å². The first-order chi connectivity index (χ1) is 6.24. The average molecular weight is 214 g/mol. The van der Waals surface area contributed by atoms with E-state index < -0.39 is 0 Å². The van der Waals surface area contributed by atoms with Gasteiger partial charge in [0.25, 0.3) is 0 Å². The van der Waals surface area contributed by atoms with Crippen molar-refractivity contribution in [2.45, 2.75) is 5.88 Å². The van der Waals surface area contributed by atoms with Crippen molar-refractivity contribution in [3.8, 4) is 5.75 Å². The Kier molecular flexibility index (Phi) is 2.06. The number of fused-ring (bicyclic) bond motifs is 1. The van der Waals surface area contributed by atoms with Gasteiger partial charge in [0, 0.05) is 16.0 Å². The molecule has 2 nitrogen and oxygen atoms in total. The zero-order chi connectivity index (χ0) is 9.42. The number of anilines is 1. The summed E-state index contributed by atoms with van der Waals surface area (Å²) in [6.45, 7) is 0. The number of nitrogens with two attached hydrogens (primary N) is 1. The number of nitrogen functional groups attached to an aromatic ring is 1. The first kappa shape index (κ1) is 8.66. The van der Waals surface area contributed by atoms with Crippen LogP contribution in [-0.4, -0.2) is 5.11 Å². The van der Waals surface area contributed by atoms with Gasteiger partial charge in [0.2, 0.25) is 0 Å². The molecule has 0 aliphatic carbocycles. The molecule has 3 N–H and O–H groups in total. The first-order valence-corrected chi connectivity index (χ1v) is 5.14. The third kappa shape index (κ3) is 1.24. The van der Waals surface area contributed by atoms with Gasteiger partial charge in [-0.2, -0.15) is 0 Å². The fraction of sp³-hybridized carbons (Fsp3) is 0.111. The smallest absolute Gasteiger partial charge is 0.157 e. The molecule has 1 aromatic heterocycles. The van der Waals surface area contributed by atoms with E-state index in [0.717, 1.165) is 15.6 Å². The fourth-order valence-electron chi connectivity index (χ4n) is 1.33. The van der Waals surface area contributed by atoms with Crippen molar-refractivity contribution in [1.29, 1.82) is 0 Å². The standard InChI is InChI=1S/C9H8ClNOS/c10-4-5-2-1-3-6-7(5)8(12)9(11)13-6/h1-3,12H,4,11H2. The Hall–Kier alpha value is -0.930. The molecule has 0 radical (unpaired) electrons. The van der Waals surface area contributed by atoms with Gasteiger partial charge in [-0.05, 0) is 11.6 Å². The molecule has 0 fully saturated rings. The molecule has 0 unspecified atom stereocenters. The highest BCUT2D eigenvalue weighted by atomic mass is 35.5. The van der Waals surface area contributed by atoms with E-state index in [1.54, 1.807) is 0 Å². The third-order valence-corrected chi connectivity index (χ3v) is 3.21. The molecule has 0 amide bonds. The van der Waals surface area contributed by atoms with Crippen LogP contribution in [0.1, 0.15) is 5.56 Å². The molecule has 2 rings (SSSR count). The molecular weight excluding hydrogens is 206 g/mol. The Morgan fingerprint density at radius 2 is 2.23 bits per heavy atom. The number of thiophene rings is 1. The Balaban J connectivity index is 2.87. The molecule has 13 heavy (non-hydrogen) atoms. The quantitative estimate of drug-likeness (QED) is 0.716. The normalized spacial score (nSPS) is 10.8. The van der Waals surface area contributed by atoms with Crippen molar-refractivity contribution in [2.24, 2.45) is 0 Å². The maximum absolute atomic E-state index is 9.64. The minimum Gasteiger partial charge on any atom is -0.504 e. The van der Waals surface area contributed by atoms with Crippen molar-refractivity contribution in [2.75, 3.05) is 5.73 Å². The van der Waals surface area contributed by atoms with Gasteiger partial charge in [-0.3, -0.25) is 0 Å². The molecular formula is C9H8ClNOS. The number of aromatic hydroxyl groups is 1. The van der Waals surface area contributed by atoms with E-state index in [9.17, 15) is 5.11 Å². The van der Waals surface area contributed by atoms with Crippen LogP contribution in [-0.2, 0) is 5.88 Å². The summed E-state index contributed by atoms with van der Waals surface area (Å²) in [5.74, 6) is 0.553. The molecule has 0 spiro atoms. The van der Waals surface area contributed by atoms with Crippen LogP contribution in [0.15, 0.2) is 18.2 Å². The van der Waals surface area contributed by atoms with Crippen molar-refractivity contribution in [3.05, 3.63) is 23.8 Å². The fourth-order valence-corrected chi connectivity index (χ4v) is 2.47. The highest BCUT2D eigenvalue weighted by molar-refractivity contribution is 7.23. The molecule has 1 aromatic carbocycles. The molecule has 0 saturated heterocycles. The molecule has 0 saturated carbocycles. The van der Waals surface area contributed by atoms with Crippen LogP contribution in [0.3, 0.4) is 0 Å². The molecule has 0 atom stereocenters. The summed E-state index contributed by atoms with van der Waals surface area (Å²) in [6, 6.07) is 5.72. The summed E-state index contributed by atoms with van der Waals surface area (Å²) >= 11 is 7.12. The van der Waals surface area contributed by atoms with Crippen molar-refractivity contribution >= 4 is 38.0 Å². The van der Waals surface area contributed by atoms with Crippen molar-refractivity contribution in [1.82, 2.24) is 0 Å². The summed E-state index contributed by atoms with van der Waals surface area (Å²) in [5.41, 5.74) is 6.52. The van der Waals surface area contributed by atoms with Crippen LogP contribution in [0.2, 0.25) is 0 Å². The average Bonchev–Trinajstić information content (AvgIpc) is 2.43. The Morgan fingerprint density at radius 1 is 1.46 bits per heavy atom. The number of rotatable bonds is 1. The largest absolute Gasteiger partial charge is 0.504 e. The van der Waals surface area contributed by atoms with E-state index in [4.69, 9.17) is 17.3 Å². The van der Waals surface area contributed by atoms with Crippen LogP contribution in [0.25, 0.3) is 10.1 Å². The first-order valence-electron chi connectivity index (χ1n) is 3.79. The molecule has 4 heteroatoms. The summed E-state index contributed by atoms with van der Waals surface area (Å²) in [7, 11) is 0. The Bertz CT molecular complexity index is 452. The van der Waals surface area contributed by atoms with Gasteiger partial charge >= 0.3 is 0 Å². The van der Waals surface area contributed by atoms with Crippen molar-refractivity contribution < 1.29 is 5.11 Å². The van der Waals surface area contributed by atoms with Crippen LogP contribution >= 0.6 is 22.9 Å². The summed E-state index contributed by atoms with van der Waals surface area (Å²) in [5, 5.41) is 10.9. The molecule has 2 aromatic rings. The highest BCUT2D eigenvalue weighted by Gasteiger charge is 2.11. The SMILES string of the molecule is Nc1sc2cccc(CCl)c2c1O. The van der Waals surface area contributed by atoms with E-state index in [1.807, 2.05) is 18.2 Å². The number of hydrogen-bond donors (Lipinski definition) is 2. The lowest BCUT2D eigenvalue weighted by molar-refractivity contribution is 0.485. The Morgan fingerprint density at radius 3 is 2.92 bits per heavy atom. The molecule has 0 aliphatic heterocycles. The molecule has 0 aliphatic rings. The lowest BCUT2D eigenvalue weighted by Gasteiger charge is -1.97. The number of hydrogen-bond acceptors (Lipinski definition) is 3. The van der Waals surface area contributed by atoms with E-state index in [-0.39, 0.29) is 5.75 Å².